The molecule has 5 nitrogen and oxygen atoms in total. The van der Waals surface area contributed by atoms with Crippen molar-refractivity contribution < 1.29 is 14.7 Å². The molecule has 2 aromatic carbocycles. The highest BCUT2D eigenvalue weighted by molar-refractivity contribution is 5.99. The Morgan fingerprint density at radius 1 is 1.12 bits per heavy atom. The zero-order chi connectivity index (χ0) is 17.1. The molecule has 24 heavy (non-hydrogen) atoms. The smallest absolute Gasteiger partial charge is 0.326 e. The standard InChI is InChI=1S/C19H18N2O3/c1-21-10-9-14-12-15(7-8-17(14)21)18(22)20-16(19(23)24)11-13-5-3-2-4-6-13/h2-10,12,16H,11H2,1H3,(H,20,22)(H,23,24). The number of fused-ring (bicyclic) bond motifs is 1. The van der Waals surface area contributed by atoms with Gasteiger partial charge < -0.3 is 15.0 Å². The third kappa shape index (κ3) is 3.30. The lowest BCUT2D eigenvalue weighted by atomic mass is 10.1. The Balaban J connectivity index is 1.78. The fraction of sp³-hybridized carbons (Fsp3) is 0.158. The van der Waals surface area contributed by atoms with Crippen LogP contribution in [0.5, 0.6) is 0 Å². The Hall–Kier alpha value is -3.08. The van der Waals surface area contributed by atoms with Gasteiger partial charge in [0.1, 0.15) is 6.04 Å². The summed E-state index contributed by atoms with van der Waals surface area (Å²) in [6.45, 7) is 0. The minimum Gasteiger partial charge on any atom is -0.480 e. The van der Waals surface area contributed by atoms with Gasteiger partial charge in [-0.15, -0.1) is 0 Å². The van der Waals surface area contributed by atoms with Gasteiger partial charge in [0.2, 0.25) is 0 Å². The van der Waals surface area contributed by atoms with Crippen molar-refractivity contribution >= 4 is 22.8 Å². The first-order valence-corrected chi connectivity index (χ1v) is 7.67. The van der Waals surface area contributed by atoms with Gasteiger partial charge in [-0.05, 0) is 29.8 Å². The van der Waals surface area contributed by atoms with Gasteiger partial charge in [-0.3, -0.25) is 4.79 Å². The number of carboxylic acid groups (broad SMARTS) is 1. The summed E-state index contributed by atoms with van der Waals surface area (Å²) in [7, 11) is 1.93. The number of carbonyl (C=O) groups is 2. The van der Waals surface area contributed by atoms with Crippen molar-refractivity contribution in [2.45, 2.75) is 12.5 Å². The fourth-order valence-electron chi connectivity index (χ4n) is 2.71. The molecule has 0 saturated heterocycles. The molecular formula is C19H18N2O3. The third-order valence-corrected chi connectivity index (χ3v) is 4.03. The number of aryl methyl sites for hydroxylation is 1. The number of carbonyl (C=O) groups excluding carboxylic acids is 1. The van der Waals surface area contributed by atoms with Gasteiger partial charge in [-0.25, -0.2) is 4.79 Å². The van der Waals surface area contributed by atoms with Crippen LogP contribution in [-0.4, -0.2) is 27.6 Å². The highest BCUT2D eigenvalue weighted by Gasteiger charge is 2.21. The van der Waals surface area contributed by atoms with E-state index >= 15 is 0 Å². The van der Waals surface area contributed by atoms with Gasteiger partial charge in [0.05, 0.1) is 0 Å². The first-order valence-electron chi connectivity index (χ1n) is 7.67. The summed E-state index contributed by atoms with van der Waals surface area (Å²) >= 11 is 0. The van der Waals surface area contributed by atoms with Crippen LogP contribution in [-0.2, 0) is 18.3 Å². The number of hydrogen-bond acceptors (Lipinski definition) is 2. The summed E-state index contributed by atoms with van der Waals surface area (Å²) in [5, 5.41) is 12.9. The molecule has 0 radical (unpaired) electrons. The van der Waals surface area contributed by atoms with E-state index in [0.29, 0.717) is 5.56 Å². The van der Waals surface area contributed by atoms with Crippen LogP contribution < -0.4 is 5.32 Å². The molecular weight excluding hydrogens is 304 g/mol. The predicted octanol–water partition coefficient (Wildman–Crippen LogP) is 2.60. The highest BCUT2D eigenvalue weighted by atomic mass is 16.4. The number of nitrogens with zero attached hydrogens (tertiary/aromatic N) is 1. The molecule has 0 bridgehead atoms. The lowest BCUT2D eigenvalue weighted by Crippen LogP contribution is -2.42. The van der Waals surface area contributed by atoms with Gasteiger partial charge >= 0.3 is 5.97 Å². The lowest BCUT2D eigenvalue weighted by molar-refractivity contribution is -0.139. The maximum Gasteiger partial charge on any atom is 0.326 e. The van der Waals surface area contributed by atoms with E-state index in [1.54, 1.807) is 12.1 Å². The molecule has 3 rings (SSSR count). The van der Waals surface area contributed by atoms with Crippen LogP contribution in [0.15, 0.2) is 60.8 Å². The van der Waals surface area contributed by atoms with E-state index in [9.17, 15) is 14.7 Å². The van der Waals surface area contributed by atoms with Gasteiger partial charge in [0, 0.05) is 36.1 Å². The number of aliphatic carboxylic acids is 1. The molecule has 1 unspecified atom stereocenters. The fourth-order valence-corrected chi connectivity index (χ4v) is 2.71. The van der Waals surface area contributed by atoms with E-state index in [1.807, 2.05) is 60.3 Å². The topological polar surface area (TPSA) is 71.3 Å². The maximum absolute atomic E-state index is 12.4. The first kappa shape index (κ1) is 15.8. The Morgan fingerprint density at radius 2 is 1.88 bits per heavy atom. The molecule has 1 amide bonds. The van der Waals surface area contributed by atoms with Crippen LogP contribution in [0.2, 0.25) is 0 Å². The quantitative estimate of drug-likeness (QED) is 0.758. The summed E-state index contributed by atoms with van der Waals surface area (Å²) < 4.78 is 1.96. The molecule has 0 spiro atoms. The molecule has 0 saturated carbocycles. The summed E-state index contributed by atoms with van der Waals surface area (Å²) in [6, 6.07) is 15.5. The number of carboxylic acids is 1. The van der Waals surface area contributed by atoms with E-state index in [1.165, 1.54) is 0 Å². The van der Waals surface area contributed by atoms with Crippen molar-refractivity contribution in [3.8, 4) is 0 Å². The van der Waals surface area contributed by atoms with Crippen LogP contribution in [0.3, 0.4) is 0 Å². The van der Waals surface area contributed by atoms with Crippen molar-refractivity contribution in [3.63, 3.8) is 0 Å². The number of nitrogens with one attached hydrogen (secondary N) is 1. The van der Waals surface area contributed by atoms with Crippen molar-refractivity contribution in [1.29, 1.82) is 0 Å². The SMILES string of the molecule is Cn1ccc2cc(C(=O)NC(Cc3ccccc3)C(=O)O)ccc21. The normalized spacial score (nSPS) is 12.0. The van der Waals surface area contributed by atoms with E-state index < -0.39 is 12.0 Å². The zero-order valence-corrected chi connectivity index (χ0v) is 13.3. The molecule has 0 aliphatic rings. The molecule has 0 aliphatic heterocycles. The largest absolute Gasteiger partial charge is 0.480 e. The number of benzene rings is 2. The number of aromatic nitrogens is 1. The maximum atomic E-state index is 12.4. The van der Waals surface area contributed by atoms with Crippen LogP contribution in [0.4, 0.5) is 0 Å². The molecule has 1 atom stereocenters. The van der Waals surface area contributed by atoms with E-state index in [-0.39, 0.29) is 12.3 Å². The highest BCUT2D eigenvalue weighted by Crippen LogP contribution is 2.17. The molecule has 3 aromatic rings. The molecule has 0 aliphatic carbocycles. The average Bonchev–Trinajstić information content (AvgIpc) is 2.95. The Kier molecular flexibility index (Phi) is 4.33. The van der Waals surface area contributed by atoms with Gasteiger partial charge in [-0.2, -0.15) is 0 Å². The molecule has 122 valence electrons. The van der Waals surface area contributed by atoms with Crippen LogP contribution >= 0.6 is 0 Å². The molecule has 1 heterocycles. The Labute approximate surface area is 139 Å². The van der Waals surface area contributed by atoms with E-state index in [2.05, 4.69) is 5.32 Å². The van der Waals surface area contributed by atoms with Gasteiger partial charge in [0.25, 0.3) is 5.91 Å². The molecule has 1 aromatic heterocycles. The van der Waals surface area contributed by atoms with Crippen molar-refractivity contribution in [2.24, 2.45) is 7.05 Å². The van der Waals surface area contributed by atoms with Crippen LogP contribution in [0.25, 0.3) is 10.9 Å². The lowest BCUT2D eigenvalue weighted by Gasteiger charge is -2.15. The second-order valence-corrected chi connectivity index (χ2v) is 5.75. The minimum atomic E-state index is -1.05. The third-order valence-electron chi connectivity index (χ3n) is 4.03. The van der Waals surface area contributed by atoms with Crippen LogP contribution in [0, 0.1) is 0 Å². The first-order chi connectivity index (χ1) is 11.5. The van der Waals surface area contributed by atoms with Crippen LogP contribution in [0.1, 0.15) is 15.9 Å². The minimum absolute atomic E-state index is 0.246. The number of hydrogen-bond donors (Lipinski definition) is 2. The summed E-state index contributed by atoms with van der Waals surface area (Å²) in [6.07, 6.45) is 2.16. The Bertz CT molecular complexity index is 884. The Morgan fingerprint density at radius 3 is 2.58 bits per heavy atom. The molecule has 0 fully saturated rings. The summed E-state index contributed by atoms with van der Waals surface area (Å²) in [5.74, 6) is -1.43. The summed E-state index contributed by atoms with van der Waals surface area (Å²) in [5.41, 5.74) is 2.34. The molecule has 2 N–H and O–H groups in total. The van der Waals surface area contributed by atoms with Gasteiger partial charge in [-0.1, -0.05) is 30.3 Å². The number of amides is 1. The molecule has 5 heteroatoms. The van der Waals surface area contributed by atoms with E-state index in [0.717, 1.165) is 16.5 Å². The second kappa shape index (κ2) is 6.58. The monoisotopic (exact) mass is 322 g/mol. The summed E-state index contributed by atoms with van der Waals surface area (Å²) in [4.78, 5) is 23.9. The average molecular weight is 322 g/mol. The second-order valence-electron chi connectivity index (χ2n) is 5.75. The van der Waals surface area contributed by atoms with Crippen molar-refractivity contribution in [1.82, 2.24) is 9.88 Å². The predicted molar refractivity (Wildman–Crippen MR) is 92.0 cm³/mol. The van der Waals surface area contributed by atoms with Crippen molar-refractivity contribution in [3.05, 3.63) is 71.9 Å². The van der Waals surface area contributed by atoms with Crippen molar-refractivity contribution in [2.75, 3.05) is 0 Å². The van der Waals surface area contributed by atoms with Gasteiger partial charge in [0.15, 0.2) is 0 Å². The van der Waals surface area contributed by atoms with E-state index in [4.69, 9.17) is 0 Å². The number of rotatable bonds is 5. The zero-order valence-electron chi connectivity index (χ0n) is 13.3.